The molecule has 1 aromatic carbocycles. The van der Waals surface area contributed by atoms with Crippen LogP contribution in [-0.2, 0) is 51.9 Å². The zero-order chi connectivity index (χ0) is 66.7. The van der Waals surface area contributed by atoms with E-state index in [1.165, 1.54) is 6.92 Å². The standard InChI is InChI=1S/C62H98N13O14P/c1-29-20-39-40(21-30(29)2)75(28-70-39)57-52(84)53(41(27-76)87-57)89-90(85,86)88-31(3)26-69-49(83)18-19-59(8)37(22-46(66)80)56-62(11)61(10,25-48(68)82)36(14-17-45(65)79)51(74-62)33(5)55-60(9,24-47(67)81)34(12-15-43(63)77)38(71-55)23-42-58(6,7)35(13-16-44(64)78)50(72-42)32(4)54(59)73-56/h20-21,23,31,34-38,41,50-53,56-57,70-74,76,84H,12-19,22,24-28H2,1-11H3,(H2,63,77)(H2,64,78)(H2,65,79)(H2,66,80)(H2,67,81)(H2,68,82)(H,69,83)(H,85,86)/b42-23-,54-32-,55-33-. The number of benzene rings is 1. The van der Waals surface area contributed by atoms with Crippen LogP contribution < -0.4 is 71.2 Å². The Morgan fingerprint density at radius 1 is 0.744 bits per heavy atom. The summed E-state index contributed by atoms with van der Waals surface area (Å²) in [6.07, 6.45) is -4.37. The minimum atomic E-state index is -5.03. The van der Waals surface area contributed by atoms with E-state index in [0.717, 1.165) is 39.3 Å². The van der Waals surface area contributed by atoms with Crippen molar-refractivity contribution in [2.75, 3.05) is 30.0 Å². The third-order valence-electron chi connectivity index (χ3n) is 21.9. The van der Waals surface area contributed by atoms with Crippen LogP contribution in [0.15, 0.2) is 46.4 Å². The molecule has 7 amide bonds. The highest BCUT2D eigenvalue weighted by molar-refractivity contribution is 7.47. The van der Waals surface area contributed by atoms with Gasteiger partial charge in [0.05, 0.1) is 36.8 Å². The van der Waals surface area contributed by atoms with Gasteiger partial charge in [-0.15, -0.1) is 0 Å². The molecule has 28 heteroatoms. The van der Waals surface area contributed by atoms with E-state index < -0.39 is 156 Å². The number of aliphatic hydroxyl groups is 2. The van der Waals surface area contributed by atoms with Gasteiger partial charge in [-0.2, -0.15) is 0 Å². The third kappa shape index (κ3) is 13.2. The second-order valence-corrected chi connectivity index (χ2v) is 29.4. The molecule has 0 aromatic heterocycles. The number of nitrogens with one attached hydrogen (secondary N) is 6. The lowest BCUT2D eigenvalue weighted by Gasteiger charge is -2.49. The minimum Gasteiger partial charge on any atom is -0.394 e. The van der Waals surface area contributed by atoms with E-state index >= 15 is 0 Å². The Balaban J connectivity index is 1.17. The summed E-state index contributed by atoms with van der Waals surface area (Å²) in [6, 6.07) is 1.33. The zero-order valence-corrected chi connectivity index (χ0v) is 54.7. The maximum atomic E-state index is 14.4. The normalized spacial score (nSPS) is 37.2. The highest BCUT2D eigenvalue weighted by atomic mass is 31.2. The maximum absolute atomic E-state index is 14.4. The molecule has 18 unspecified atom stereocenters. The van der Waals surface area contributed by atoms with Crippen LogP contribution in [0.3, 0.4) is 0 Å². The number of phosphoric ester groups is 1. The Labute approximate surface area is 526 Å². The largest absolute Gasteiger partial charge is 0.472 e. The molecule has 7 heterocycles. The number of allylic oxidation sites excluding steroid dienone is 3. The predicted octanol–water partition coefficient (Wildman–Crippen LogP) is 1.38. The molecule has 7 aliphatic rings. The molecule has 0 radical (unpaired) electrons. The van der Waals surface area contributed by atoms with Crippen molar-refractivity contribution >= 4 is 60.5 Å². The van der Waals surface area contributed by atoms with E-state index in [0.29, 0.717) is 17.8 Å². The molecule has 0 saturated carbocycles. The minimum absolute atomic E-state index is 0.0168. The van der Waals surface area contributed by atoms with Gasteiger partial charge in [0.15, 0.2) is 6.23 Å². The second kappa shape index (κ2) is 26.0. The molecule has 0 aliphatic carbocycles. The van der Waals surface area contributed by atoms with E-state index in [-0.39, 0.29) is 83.3 Å². The molecular formula is C62H98N13O14P. The molecule has 5 fully saturated rings. The number of ether oxygens (including phenoxy) is 1. The van der Waals surface area contributed by atoms with Crippen LogP contribution in [0, 0.1) is 59.2 Å². The number of carbonyl (C=O) groups excluding carboxylic acids is 7. The fourth-order valence-corrected chi connectivity index (χ4v) is 18.0. The first-order valence-corrected chi connectivity index (χ1v) is 32.8. The monoisotopic (exact) mass is 1280 g/mol. The summed E-state index contributed by atoms with van der Waals surface area (Å²) in [5.74, 6) is -6.17. The molecule has 7 aliphatic heterocycles. The molecule has 18 atom stereocenters. The van der Waals surface area contributed by atoms with Crippen LogP contribution in [-0.4, -0.2) is 137 Å². The van der Waals surface area contributed by atoms with Gasteiger partial charge < -0.3 is 91.0 Å². The molecule has 8 bridgehead atoms. The second-order valence-electron chi connectivity index (χ2n) is 28.1. The van der Waals surface area contributed by atoms with Gasteiger partial charge in [0.25, 0.3) is 0 Å². The average molecular weight is 1280 g/mol. The van der Waals surface area contributed by atoms with Gasteiger partial charge in [0.2, 0.25) is 41.4 Å². The van der Waals surface area contributed by atoms with Gasteiger partial charge in [-0.1, -0.05) is 34.6 Å². The van der Waals surface area contributed by atoms with E-state index in [4.69, 9.17) is 48.2 Å². The highest BCUT2D eigenvalue weighted by Gasteiger charge is 2.68. The number of aryl methyl sites for hydroxylation is 2. The van der Waals surface area contributed by atoms with Gasteiger partial charge in [-0.3, -0.25) is 42.6 Å². The summed E-state index contributed by atoms with van der Waals surface area (Å²) in [6.45, 7) is 20.5. The van der Waals surface area contributed by atoms with E-state index in [1.54, 1.807) is 4.90 Å². The number of phosphoric acid groups is 1. The topological polar surface area (TPSA) is 456 Å². The molecule has 21 N–H and O–H groups in total. The number of amides is 7. The number of primary amides is 6. The number of aliphatic hydroxyl groups excluding tert-OH is 2. The predicted molar refractivity (Wildman–Crippen MR) is 334 cm³/mol. The van der Waals surface area contributed by atoms with E-state index in [2.05, 4.69) is 51.8 Å². The highest BCUT2D eigenvalue weighted by Crippen LogP contribution is 2.62. The lowest BCUT2D eigenvalue weighted by atomic mass is 9.56. The molecule has 5 saturated heterocycles. The van der Waals surface area contributed by atoms with Gasteiger partial charge >= 0.3 is 7.82 Å². The van der Waals surface area contributed by atoms with Crippen molar-refractivity contribution < 1.29 is 67.0 Å². The first kappa shape index (κ1) is 69.6. The van der Waals surface area contributed by atoms with Crippen LogP contribution in [0.1, 0.15) is 144 Å². The first-order valence-electron chi connectivity index (χ1n) is 31.3. The van der Waals surface area contributed by atoms with Crippen molar-refractivity contribution in [3.8, 4) is 0 Å². The average Bonchev–Trinajstić information content (AvgIpc) is 1.53. The van der Waals surface area contributed by atoms with Crippen molar-refractivity contribution in [1.29, 1.82) is 0 Å². The Morgan fingerprint density at radius 2 is 1.32 bits per heavy atom. The number of fused-ring (bicyclic) bond motifs is 10. The Kier molecular flexibility index (Phi) is 20.1. The molecule has 500 valence electrons. The number of rotatable bonds is 26. The van der Waals surface area contributed by atoms with Crippen LogP contribution in [0.25, 0.3) is 0 Å². The lowest BCUT2D eigenvalue weighted by Crippen LogP contribution is -2.64. The number of nitrogens with zero attached hydrogens (tertiary/aromatic N) is 1. The molecule has 1 aromatic rings. The summed E-state index contributed by atoms with van der Waals surface area (Å²) in [5.41, 5.74) is 38.3. The first-order chi connectivity index (χ1) is 41.8. The number of anilines is 2. The molecule has 27 nitrogen and oxygen atoms in total. The van der Waals surface area contributed by atoms with Crippen molar-refractivity contribution in [3.63, 3.8) is 0 Å². The van der Waals surface area contributed by atoms with Gasteiger partial charge in [-0.25, -0.2) is 4.57 Å². The summed E-state index contributed by atoms with van der Waals surface area (Å²) >= 11 is 0. The Morgan fingerprint density at radius 3 is 1.91 bits per heavy atom. The van der Waals surface area contributed by atoms with Gasteiger partial charge in [-0.05, 0) is 125 Å². The van der Waals surface area contributed by atoms with E-state index in [1.807, 2.05) is 67.5 Å². The third-order valence-corrected chi connectivity index (χ3v) is 23.0. The van der Waals surface area contributed by atoms with Crippen molar-refractivity contribution in [3.05, 3.63) is 57.6 Å². The summed E-state index contributed by atoms with van der Waals surface area (Å²) < 4.78 is 30.9. The molecular weight excluding hydrogens is 1180 g/mol. The smallest absolute Gasteiger partial charge is 0.394 e. The summed E-state index contributed by atoms with van der Waals surface area (Å²) in [7, 11) is -5.03. The van der Waals surface area contributed by atoms with Crippen LogP contribution in [0.2, 0.25) is 0 Å². The lowest BCUT2D eigenvalue weighted by molar-refractivity contribution is -0.124. The number of nitrogens with two attached hydrogens (primary N) is 6. The molecule has 8 rings (SSSR count). The molecule has 0 spiro atoms. The van der Waals surface area contributed by atoms with Gasteiger partial charge in [0.1, 0.15) is 18.3 Å². The number of hydrogen-bond donors (Lipinski definition) is 15. The fourth-order valence-electron chi connectivity index (χ4n) is 16.9. The van der Waals surface area contributed by atoms with Gasteiger partial charge in [0, 0.05) is 120 Å². The Hall–Kier alpha value is -6.32. The van der Waals surface area contributed by atoms with Crippen molar-refractivity contribution in [1.82, 2.24) is 26.6 Å². The maximum Gasteiger partial charge on any atom is 0.472 e. The van der Waals surface area contributed by atoms with Crippen molar-refractivity contribution in [2.24, 2.45) is 79.7 Å². The zero-order valence-electron chi connectivity index (χ0n) is 53.8. The van der Waals surface area contributed by atoms with E-state index in [9.17, 15) is 53.2 Å². The van der Waals surface area contributed by atoms with Crippen LogP contribution in [0.5, 0.6) is 0 Å². The quantitative estimate of drug-likeness (QED) is 0.0583. The van der Waals surface area contributed by atoms with Crippen molar-refractivity contribution in [2.45, 2.75) is 207 Å². The fraction of sp³-hybridized carbons (Fsp3) is 0.694. The summed E-state index contributed by atoms with van der Waals surface area (Å²) in [5, 5.41) is 43.5. The number of hydrogen-bond acceptors (Lipinski definition) is 19. The van der Waals surface area contributed by atoms with Crippen LogP contribution in [0.4, 0.5) is 11.4 Å². The number of carbonyl (C=O) groups is 7. The van der Waals surface area contributed by atoms with Crippen LogP contribution >= 0.6 is 7.82 Å². The summed E-state index contributed by atoms with van der Waals surface area (Å²) in [4.78, 5) is 107. The Bertz CT molecular complexity index is 3180. The SMILES string of the molecule is C/C1=C2/NC(C(CC(N)=O)C2(C)CCC(=O)NCC(C)OP(=O)(O)OC2C(CO)OC(N3CNc4cc(C)c(C)cc43)C2O)C2(C)NC(/C(C)=C3\NC(/C=C4\NC1C(CCC(N)=O)C4(C)C)C(CCC(N)=O)C3(C)CC(N)=O)C(CCC(N)=O)C2(C)CC(N)=O. The molecule has 90 heavy (non-hydrogen) atoms.